The van der Waals surface area contributed by atoms with Crippen LogP contribution in [0.5, 0.6) is 17.2 Å². The summed E-state index contributed by atoms with van der Waals surface area (Å²) in [5, 5.41) is 11.3. The van der Waals surface area contributed by atoms with Gasteiger partial charge in [-0.05, 0) is 69.4 Å². The molecule has 1 spiro atoms. The average Bonchev–Trinajstić information content (AvgIpc) is 3.43. The quantitative estimate of drug-likeness (QED) is 0.131. The van der Waals surface area contributed by atoms with E-state index >= 15 is 0 Å². The molecular formula is C41H58N2O4. The van der Waals surface area contributed by atoms with Crippen LogP contribution < -0.4 is 9.47 Å². The van der Waals surface area contributed by atoms with Crippen molar-refractivity contribution in [3.63, 3.8) is 0 Å². The highest BCUT2D eigenvalue weighted by molar-refractivity contribution is 5.77. The second kappa shape index (κ2) is 15.5. The van der Waals surface area contributed by atoms with Gasteiger partial charge in [0.1, 0.15) is 11.9 Å². The number of carbonyl (C=O) groups excluding carboxylic acids is 1. The number of likely N-dealkylation sites (tertiary alicyclic amines) is 1. The molecule has 6 nitrogen and oxygen atoms in total. The number of aromatic hydroxyl groups is 1. The largest absolute Gasteiger partial charge is 0.508 e. The Balaban J connectivity index is 1.08. The first-order valence-electron chi connectivity index (χ1n) is 18.8. The first kappa shape index (κ1) is 33.9. The van der Waals surface area contributed by atoms with Crippen LogP contribution in [0.4, 0.5) is 0 Å². The first-order chi connectivity index (χ1) is 23.0. The molecule has 2 aliphatic carbocycles. The van der Waals surface area contributed by atoms with Crippen LogP contribution in [-0.4, -0.2) is 65.7 Å². The molecule has 6 rings (SSSR count). The van der Waals surface area contributed by atoms with E-state index in [-0.39, 0.29) is 17.6 Å². The lowest BCUT2D eigenvalue weighted by Gasteiger charge is -2.60. The summed E-state index contributed by atoms with van der Waals surface area (Å²) >= 11 is 0. The number of ether oxygens (including phenoxy) is 2. The van der Waals surface area contributed by atoms with E-state index in [0.29, 0.717) is 35.8 Å². The molecule has 5 atom stereocenters. The van der Waals surface area contributed by atoms with Crippen molar-refractivity contribution in [2.75, 3.05) is 26.7 Å². The minimum absolute atomic E-state index is 0.0398. The number of benzene rings is 2. The van der Waals surface area contributed by atoms with E-state index in [2.05, 4.69) is 53.6 Å². The van der Waals surface area contributed by atoms with Gasteiger partial charge in [0.25, 0.3) is 0 Å². The van der Waals surface area contributed by atoms with E-state index < -0.39 is 0 Å². The summed E-state index contributed by atoms with van der Waals surface area (Å²) in [6.07, 6.45) is 19.4. The number of piperidine rings is 1. The molecule has 2 aromatic carbocycles. The Kier molecular flexibility index (Phi) is 11.2. The summed E-state index contributed by atoms with van der Waals surface area (Å²) < 4.78 is 12.8. The minimum atomic E-state index is -0.202. The SMILES string of the molecule is C=CCN1CC[C@]23c4c5c(O)cc(OC)c4O[C@H]2[C@H](N(CCCC)C(=O)CCCCCCCCCCc2ccccc2)CC[C@H]3[C@H]1C5. The molecule has 47 heavy (non-hydrogen) atoms. The number of unbranched alkanes of at least 4 members (excludes halogenated alkanes) is 8. The zero-order chi connectivity index (χ0) is 32.8. The standard InChI is InChI=1S/C41H58N2O4/c1-4-6-26-43(37(45)21-17-12-10-8-7-9-11-14-18-30-19-15-13-16-20-30)33-23-22-32-34-28-31-35(44)29-36(46-3)39-38(31)41(32,40(33)47-39)24-27-42(34)25-5-2/h5,13,15-16,19-20,29,32-34,40,44H,2,4,6-12,14,17-18,21-28H2,1,3H3/t32-,33+,34+,40-,41-/m0/s1. The molecule has 256 valence electrons. The summed E-state index contributed by atoms with van der Waals surface area (Å²) in [7, 11) is 1.66. The van der Waals surface area contributed by atoms with Gasteiger partial charge in [-0.25, -0.2) is 0 Å². The van der Waals surface area contributed by atoms with Gasteiger partial charge < -0.3 is 19.5 Å². The average molecular weight is 643 g/mol. The van der Waals surface area contributed by atoms with Crippen LogP contribution in [0.3, 0.4) is 0 Å². The van der Waals surface area contributed by atoms with E-state index in [9.17, 15) is 9.90 Å². The van der Waals surface area contributed by atoms with E-state index in [1.54, 1.807) is 13.2 Å². The molecule has 2 bridgehead atoms. The molecule has 1 N–H and O–H groups in total. The summed E-state index contributed by atoms with van der Waals surface area (Å²) in [5.74, 6) is 2.49. The van der Waals surface area contributed by atoms with Crippen LogP contribution in [0.25, 0.3) is 0 Å². The van der Waals surface area contributed by atoms with E-state index in [1.807, 2.05) is 6.08 Å². The topological polar surface area (TPSA) is 62.2 Å². The van der Waals surface area contributed by atoms with Gasteiger partial charge in [0.05, 0.1) is 13.2 Å². The lowest BCUT2D eigenvalue weighted by Crippen LogP contribution is -2.69. The van der Waals surface area contributed by atoms with E-state index in [4.69, 9.17) is 9.47 Å². The zero-order valence-corrected chi connectivity index (χ0v) is 29.1. The molecule has 2 fully saturated rings. The summed E-state index contributed by atoms with van der Waals surface area (Å²) in [6.45, 7) is 8.89. The molecule has 1 saturated carbocycles. The fourth-order valence-electron chi connectivity index (χ4n) is 9.77. The van der Waals surface area contributed by atoms with Crippen molar-refractivity contribution in [2.45, 2.75) is 133 Å². The van der Waals surface area contributed by atoms with Gasteiger partial charge in [-0.1, -0.05) is 88.3 Å². The highest BCUT2D eigenvalue weighted by atomic mass is 16.5. The second-order valence-electron chi connectivity index (χ2n) is 14.7. The molecule has 0 aromatic heterocycles. The van der Waals surface area contributed by atoms with Crippen molar-refractivity contribution < 1.29 is 19.4 Å². The van der Waals surface area contributed by atoms with Gasteiger partial charge in [0.15, 0.2) is 11.5 Å². The van der Waals surface area contributed by atoms with Gasteiger partial charge >= 0.3 is 0 Å². The molecule has 2 aromatic rings. The third-order valence-corrected chi connectivity index (χ3v) is 12.0. The fraction of sp³-hybridized carbons (Fsp3) is 0.634. The number of methoxy groups -OCH3 is 1. The molecule has 4 aliphatic rings. The van der Waals surface area contributed by atoms with E-state index in [0.717, 1.165) is 82.3 Å². The van der Waals surface area contributed by atoms with Crippen molar-refractivity contribution in [1.82, 2.24) is 9.80 Å². The molecule has 1 saturated heterocycles. The van der Waals surface area contributed by atoms with Crippen molar-refractivity contribution in [3.8, 4) is 17.2 Å². The summed E-state index contributed by atoms with van der Waals surface area (Å²) in [6, 6.07) is 12.9. The molecule has 6 heteroatoms. The number of hydrogen-bond acceptors (Lipinski definition) is 5. The Morgan fingerprint density at radius 1 is 1.09 bits per heavy atom. The smallest absolute Gasteiger partial charge is 0.222 e. The maximum Gasteiger partial charge on any atom is 0.222 e. The van der Waals surface area contributed by atoms with Crippen molar-refractivity contribution >= 4 is 5.91 Å². The number of phenolic OH excluding ortho intramolecular Hbond substituents is 1. The summed E-state index contributed by atoms with van der Waals surface area (Å²) in [5.41, 5.74) is 3.46. The number of rotatable bonds is 18. The highest BCUT2D eigenvalue weighted by Gasteiger charge is 2.67. The number of amides is 1. The molecule has 2 heterocycles. The van der Waals surface area contributed by atoms with Crippen LogP contribution in [-0.2, 0) is 23.1 Å². The van der Waals surface area contributed by atoms with E-state index in [1.165, 1.54) is 56.1 Å². The fourth-order valence-corrected chi connectivity index (χ4v) is 9.77. The number of nitrogens with zero attached hydrogens (tertiary/aromatic N) is 2. The molecule has 0 unspecified atom stereocenters. The van der Waals surface area contributed by atoms with Gasteiger partial charge in [-0.15, -0.1) is 6.58 Å². The third kappa shape index (κ3) is 6.69. The maximum atomic E-state index is 14.1. The third-order valence-electron chi connectivity index (χ3n) is 12.0. The monoisotopic (exact) mass is 642 g/mol. The van der Waals surface area contributed by atoms with Gasteiger partial charge in [-0.2, -0.15) is 0 Å². The first-order valence-corrected chi connectivity index (χ1v) is 18.8. The van der Waals surface area contributed by atoms with Crippen molar-refractivity contribution in [3.05, 3.63) is 65.7 Å². The lowest BCUT2D eigenvalue weighted by molar-refractivity contribution is -0.142. The minimum Gasteiger partial charge on any atom is -0.508 e. The molecule has 1 amide bonds. The maximum absolute atomic E-state index is 14.1. The van der Waals surface area contributed by atoms with Crippen LogP contribution in [0.2, 0.25) is 0 Å². The normalized spacial score (nSPS) is 25.6. The Bertz CT molecular complexity index is 1360. The molecular weight excluding hydrogens is 584 g/mol. The van der Waals surface area contributed by atoms with Crippen LogP contribution in [0, 0.1) is 5.92 Å². The Labute approximate surface area is 283 Å². The van der Waals surface area contributed by atoms with Crippen LogP contribution >= 0.6 is 0 Å². The molecule has 2 aliphatic heterocycles. The Morgan fingerprint density at radius 3 is 2.55 bits per heavy atom. The predicted molar refractivity (Wildman–Crippen MR) is 189 cm³/mol. The Hall–Kier alpha value is -2.99. The van der Waals surface area contributed by atoms with Crippen LogP contribution in [0.1, 0.15) is 114 Å². The highest BCUT2D eigenvalue weighted by Crippen LogP contribution is 2.65. The number of aryl methyl sites for hydroxylation is 1. The van der Waals surface area contributed by atoms with Gasteiger partial charge in [-0.3, -0.25) is 9.69 Å². The van der Waals surface area contributed by atoms with Crippen molar-refractivity contribution in [1.29, 1.82) is 0 Å². The van der Waals surface area contributed by atoms with Gasteiger partial charge in [0.2, 0.25) is 5.91 Å². The number of carbonyl (C=O) groups is 1. The number of phenols is 1. The second-order valence-corrected chi connectivity index (χ2v) is 14.7. The van der Waals surface area contributed by atoms with Crippen molar-refractivity contribution in [2.24, 2.45) is 5.92 Å². The van der Waals surface area contributed by atoms with Crippen LogP contribution in [0.15, 0.2) is 49.1 Å². The lowest BCUT2D eigenvalue weighted by atomic mass is 9.50. The predicted octanol–water partition coefficient (Wildman–Crippen LogP) is 8.38. The Morgan fingerprint density at radius 2 is 1.83 bits per heavy atom. The van der Waals surface area contributed by atoms with Gasteiger partial charge in [0, 0.05) is 48.2 Å². The zero-order valence-electron chi connectivity index (χ0n) is 29.1. The number of hydrogen-bond donors (Lipinski definition) is 1. The summed E-state index contributed by atoms with van der Waals surface area (Å²) in [4.78, 5) is 18.9. The molecule has 0 radical (unpaired) electrons.